The number of hydrogen-bond acceptors (Lipinski definition) is 4. The second kappa shape index (κ2) is 6.32. The van der Waals surface area contributed by atoms with Crippen LogP contribution in [0.5, 0.6) is 0 Å². The number of imidazole rings is 1. The molecular weight excluding hydrogens is 256 g/mol. The predicted molar refractivity (Wildman–Crippen MR) is 80.4 cm³/mol. The van der Waals surface area contributed by atoms with Crippen LogP contribution in [0.15, 0.2) is 29.9 Å². The minimum Gasteiger partial charge on any atom is -0.337 e. The molecule has 2 atom stereocenters. The second-order valence-electron chi connectivity index (χ2n) is 5.02. The fourth-order valence-corrected chi connectivity index (χ4v) is 3.12. The quantitative estimate of drug-likeness (QED) is 0.881. The Morgan fingerprint density at radius 2 is 2.26 bits per heavy atom. The van der Waals surface area contributed by atoms with Gasteiger partial charge < -0.3 is 14.8 Å². The van der Waals surface area contributed by atoms with Gasteiger partial charge in [-0.15, -0.1) is 11.3 Å². The lowest BCUT2D eigenvalue weighted by Crippen LogP contribution is -2.32. The maximum Gasteiger partial charge on any atom is 0.125 e. The molecule has 0 aromatic carbocycles. The third-order valence-electron chi connectivity index (χ3n) is 3.36. The zero-order chi connectivity index (χ0) is 13.8. The molecule has 0 radical (unpaired) electrons. The zero-order valence-corrected chi connectivity index (χ0v) is 12.8. The molecule has 2 rings (SSSR count). The smallest absolute Gasteiger partial charge is 0.125 e. The molecule has 0 bridgehead atoms. The largest absolute Gasteiger partial charge is 0.337 e. The summed E-state index contributed by atoms with van der Waals surface area (Å²) in [6, 6.07) is 4.96. The van der Waals surface area contributed by atoms with Crippen LogP contribution < -0.4 is 5.32 Å². The van der Waals surface area contributed by atoms with E-state index in [9.17, 15) is 0 Å². The zero-order valence-electron chi connectivity index (χ0n) is 12.0. The first-order valence-electron chi connectivity index (χ1n) is 6.50. The Bertz CT molecular complexity index is 489. The van der Waals surface area contributed by atoms with Gasteiger partial charge in [-0.25, -0.2) is 4.98 Å². The van der Waals surface area contributed by atoms with Gasteiger partial charge >= 0.3 is 0 Å². The summed E-state index contributed by atoms with van der Waals surface area (Å²) >= 11 is 1.81. The highest BCUT2D eigenvalue weighted by atomic mass is 32.1. The molecule has 0 saturated heterocycles. The maximum absolute atomic E-state index is 4.39. The van der Waals surface area contributed by atoms with Crippen LogP contribution in [-0.2, 0) is 7.05 Å². The lowest BCUT2D eigenvalue weighted by Gasteiger charge is -2.25. The average Bonchev–Trinajstić information content (AvgIpc) is 3.00. The van der Waals surface area contributed by atoms with Crippen LogP contribution in [-0.4, -0.2) is 35.1 Å². The van der Waals surface area contributed by atoms with Gasteiger partial charge in [0.2, 0.25) is 0 Å². The van der Waals surface area contributed by atoms with E-state index in [1.807, 2.05) is 30.8 Å². The fourth-order valence-electron chi connectivity index (χ4n) is 2.19. The van der Waals surface area contributed by atoms with E-state index >= 15 is 0 Å². The molecule has 104 valence electrons. The van der Waals surface area contributed by atoms with Crippen molar-refractivity contribution in [2.24, 2.45) is 7.05 Å². The van der Waals surface area contributed by atoms with Crippen LogP contribution >= 0.6 is 11.3 Å². The molecule has 2 unspecified atom stereocenters. The van der Waals surface area contributed by atoms with Crippen molar-refractivity contribution in [2.45, 2.75) is 19.0 Å². The highest BCUT2D eigenvalue weighted by molar-refractivity contribution is 7.10. The fraction of sp³-hybridized carbons (Fsp3) is 0.500. The van der Waals surface area contributed by atoms with Crippen LogP contribution in [0.2, 0.25) is 0 Å². The van der Waals surface area contributed by atoms with E-state index in [0.29, 0.717) is 6.04 Å². The Hall–Kier alpha value is -1.17. The number of aromatic nitrogens is 2. The normalized spacial score (nSPS) is 14.8. The number of rotatable bonds is 6. The van der Waals surface area contributed by atoms with Gasteiger partial charge in [0.25, 0.3) is 0 Å². The molecule has 5 heteroatoms. The Kier molecular flexibility index (Phi) is 4.74. The van der Waals surface area contributed by atoms with Crippen molar-refractivity contribution in [1.29, 1.82) is 0 Å². The van der Waals surface area contributed by atoms with Crippen LogP contribution in [0.25, 0.3) is 0 Å². The number of thiophene rings is 1. The van der Waals surface area contributed by atoms with E-state index in [-0.39, 0.29) is 6.04 Å². The van der Waals surface area contributed by atoms with Crippen LogP contribution in [0.3, 0.4) is 0 Å². The van der Waals surface area contributed by atoms with E-state index in [1.54, 1.807) is 0 Å². The number of nitrogens with one attached hydrogen (secondary N) is 1. The first kappa shape index (κ1) is 14.2. The second-order valence-corrected chi connectivity index (χ2v) is 6.00. The average molecular weight is 278 g/mol. The summed E-state index contributed by atoms with van der Waals surface area (Å²) in [5.74, 6) is 1.07. The molecule has 0 fully saturated rings. The van der Waals surface area contributed by atoms with Crippen molar-refractivity contribution in [2.75, 3.05) is 20.6 Å². The Morgan fingerprint density at radius 1 is 1.47 bits per heavy atom. The number of nitrogens with zero attached hydrogens (tertiary/aromatic N) is 3. The predicted octanol–water partition coefficient (Wildman–Crippen LogP) is 2.44. The molecule has 0 aliphatic rings. The molecule has 2 aromatic rings. The van der Waals surface area contributed by atoms with Crippen molar-refractivity contribution in [1.82, 2.24) is 19.8 Å². The van der Waals surface area contributed by atoms with Crippen LogP contribution in [0.1, 0.15) is 29.7 Å². The van der Waals surface area contributed by atoms with Gasteiger partial charge in [-0.2, -0.15) is 0 Å². The van der Waals surface area contributed by atoms with Crippen LogP contribution in [0, 0.1) is 0 Å². The van der Waals surface area contributed by atoms with Gasteiger partial charge in [0.1, 0.15) is 5.82 Å². The minimum atomic E-state index is 0.252. The first-order valence-corrected chi connectivity index (χ1v) is 7.38. The number of likely N-dealkylation sites (N-methyl/N-ethyl adjacent to an activating group) is 1. The van der Waals surface area contributed by atoms with E-state index in [4.69, 9.17) is 0 Å². The van der Waals surface area contributed by atoms with Gasteiger partial charge in [0, 0.05) is 30.9 Å². The summed E-state index contributed by atoms with van der Waals surface area (Å²) in [4.78, 5) is 8.04. The monoisotopic (exact) mass is 278 g/mol. The van der Waals surface area contributed by atoms with Crippen molar-refractivity contribution >= 4 is 11.3 Å². The highest BCUT2D eigenvalue weighted by Crippen LogP contribution is 2.23. The number of hydrogen-bond donors (Lipinski definition) is 1. The summed E-state index contributed by atoms with van der Waals surface area (Å²) in [7, 11) is 6.28. The van der Waals surface area contributed by atoms with Crippen molar-refractivity contribution in [3.63, 3.8) is 0 Å². The summed E-state index contributed by atoms with van der Waals surface area (Å²) in [6.07, 6.45) is 3.83. The van der Waals surface area contributed by atoms with E-state index in [2.05, 4.69) is 58.3 Å². The lowest BCUT2D eigenvalue weighted by atomic mass is 10.2. The third-order valence-corrected chi connectivity index (χ3v) is 4.33. The van der Waals surface area contributed by atoms with Gasteiger partial charge in [0.05, 0.1) is 12.1 Å². The van der Waals surface area contributed by atoms with Gasteiger partial charge in [0.15, 0.2) is 0 Å². The topological polar surface area (TPSA) is 33.1 Å². The molecular formula is C14H22N4S. The summed E-state index contributed by atoms with van der Waals surface area (Å²) in [5.41, 5.74) is 0. The van der Waals surface area contributed by atoms with E-state index in [1.165, 1.54) is 4.88 Å². The summed E-state index contributed by atoms with van der Waals surface area (Å²) in [6.45, 7) is 3.07. The summed E-state index contributed by atoms with van der Waals surface area (Å²) in [5, 5.41) is 5.71. The van der Waals surface area contributed by atoms with E-state index < -0.39 is 0 Å². The lowest BCUT2D eigenvalue weighted by molar-refractivity contribution is 0.284. The maximum atomic E-state index is 4.39. The molecule has 0 saturated carbocycles. The molecule has 2 heterocycles. The van der Waals surface area contributed by atoms with Gasteiger partial charge in [-0.1, -0.05) is 6.07 Å². The Morgan fingerprint density at radius 3 is 2.79 bits per heavy atom. The Balaban J connectivity index is 1.98. The molecule has 0 amide bonds. The minimum absolute atomic E-state index is 0.252. The van der Waals surface area contributed by atoms with Crippen molar-refractivity contribution in [3.8, 4) is 0 Å². The molecule has 4 nitrogen and oxygen atoms in total. The molecule has 2 aromatic heterocycles. The molecule has 19 heavy (non-hydrogen) atoms. The van der Waals surface area contributed by atoms with Crippen LogP contribution in [0.4, 0.5) is 0 Å². The number of aryl methyl sites for hydroxylation is 1. The molecule has 0 spiro atoms. The Labute approximate surface area is 119 Å². The van der Waals surface area contributed by atoms with Crippen molar-refractivity contribution < 1.29 is 0 Å². The standard InChI is InChI=1S/C14H22N4S/c1-11(14-15-7-8-18(14)4)16-10-12(17(2)3)13-6-5-9-19-13/h5-9,11-12,16H,10H2,1-4H3. The molecule has 0 aliphatic heterocycles. The van der Waals surface area contributed by atoms with Crippen molar-refractivity contribution in [3.05, 3.63) is 40.6 Å². The SMILES string of the molecule is CC(NCC(c1cccs1)N(C)C)c1nccn1C. The first-order chi connectivity index (χ1) is 9.09. The summed E-state index contributed by atoms with van der Waals surface area (Å²) < 4.78 is 2.06. The molecule has 1 N–H and O–H groups in total. The van der Waals surface area contributed by atoms with Gasteiger partial charge in [-0.05, 0) is 32.5 Å². The van der Waals surface area contributed by atoms with E-state index in [0.717, 1.165) is 12.4 Å². The molecule has 0 aliphatic carbocycles. The third kappa shape index (κ3) is 3.43. The highest BCUT2D eigenvalue weighted by Gasteiger charge is 2.17. The van der Waals surface area contributed by atoms with Gasteiger partial charge in [-0.3, -0.25) is 0 Å².